The van der Waals surface area contributed by atoms with Crippen molar-refractivity contribution < 1.29 is 19.1 Å². The number of carbonyl (C=O) groups is 2. The number of methoxy groups -OCH3 is 2. The molecule has 28 heavy (non-hydrogen) atoms. The van der Waals surface area contributed by atoms with Crippen LogP contribution in [0.3, 0.4) is 0 Å². The standard InChI is InChI=1S/C22H24N2O4/c1-27-18-8-6-16(7-9-18)22(10-11-22)21(26)23-12-13-24(20(25)15-23)17-4-3-5-19(14-17)28-2/h3-9,14H,10-13,15H2,1-2H3. The van der Waals surface area contributed by atoms with Crippen molar-refractivity contribution in [3.05, 3.63) is 54.1 Å². The van der Waals surface area contributed by atoms with Gasteiger partial charge in [-0.25, -0.2) is 0 Å². The second kappa shape index (κ2) is 7.19. The molecule has 2 aliphatic rings. The van der Waals surface area contributed by atoms with Crippen LogP contribution in [-0.2, 0) is 15.0 Å². The van der Waals surface area contributed by atoms with Crippen molar-refractivity contribution in [2.75, 3.05) is 38.8 Å². The lowest BCUT2D eigenvalue weighted by molar-refractivity contribution is -0.139. The normalized spacial score (nSPS) is 18.0. The molecule has 2 aromatic rings. The first-order chi connectivity index (χ1) is 13.6. The van der Waals surface area contributed by atoms with Gasteiger partial charge in [-0.05, 0) is 42.7 Å². The summed E-state index contributed by atoms with van der Waals surface area (Å²) in [6, 6.07) is 15.1. The number of ether oxygens (including phenoxy) is 2. The van der Waals surface area contributed by atoms with Gasteiger partial charge in [-0.2, -0.15) is 0 Å². The number of anilines is 1. The molecule has 1 aliphatic carbocycles. The molecule has 1 heterocycles. The van der Waals surface area contributed by atoms with Crippen molar-refractivity contribution in [1.29, 1.82) is 0 Å². The van der Waals surface area contributed by atoms with Gasteiger partial charge >= 0.3 is 0 Å². The fourth-order valence-corrected chi connectivity index (χ4v) is 3.86. The molecule has 2 aromatic carbocycles. The SMILES string of the molecule is COc1ccc(C2(C(=O)N3CCN(c4cccc(OC)c4)C(=O)C3)CC2)cc1. The highest BCUT2D eigenvalue weighted by atomic mass is 16.5. The Hall–Kier alpha value is -3.02. The maximum absolute atomic E-state index is 13.2. The lowest BCUT2D eigenvalue weighted by Crippen LogP contribution is -2.54. The van der Waals surface area contributed by atoms with Crippen LogP contribution in [0, 0.1) is 0 Å². The average molecular weight is 380 g/mol. The van der Waals surface area contributed by atoms with Gasteiger partial charge in [0.15, 0.2) is 0 Å². The lowest BCUT2D eigenvalue weighted by Gasteiger charge is -2.36. The summed E-state index contributed by atoms with van der Waals surface area (Å²) >= 11 is 0. The van der Waals surface area contributed by atoms with Crippen LogP contribution in [0.5, 0.6) is 11.5 Å². The number of carbonyl (C=O) groups excluding carboxylic acids is 2. The first-order valence-electron chi connectivity index (χ1n) is 9.46. The number of hydrogen-bond acceptors (Lipinski definition) is 4. The van der Waals surface area contributed by atoms with Crippen LogP contribution in [0.4, 0.5) is 5.69 Å². The van der Waals surface area contributed by atoms with Gasteiger partial charge in [-0.3, -0.25) is 9.59 Å². The molecule has 2 fully saturated rings. The molecule has 1 saturated heterocycles. The summed E-state index contributed by atoms with van der Waals surface area (Å²) in [6.45, 7) is 1.12. The number of hydrogen-bond donors (Lipinski definition) is 0. The van der Waals surface area contributed by atoms with Crippen LogP contribution in [0.15, 0.2) is 48.5 Å². The van der Waals surface area contributed by atoms with Crippen LogP contribution in [0.25, 0.3) is 0 Å². The van der Waals surface area contributed by atoms with Crippen molar-refractivity contribution in [3.8, 4) is 11.5 Å². The number of nitrogens with zero attached hydrogens (tertiary/aromatic N) is 2. The van der Waals surface area contributed by atoms with Gasteiger partial charge in [0.05, 0.1) is 19.6 Å². The zero-order valence-corrected chi connectivity index (χ0v) is 16.2. The highest BCUT2D eigenvalue weighted by Crippen LogP contribution is 2.50. The minimum Gasteiger partial charge on any atom is -0.497 e. The summed E-state index contributed by atoms with van der Waals surface area (Å²) in [4.78, 5) is 29.4. The van der Waals surface area contributed by atoms with Crippen molar-refractivity contribution in [3.63, 3.8) is 0 Å². The number of benzene rings is 2. The maximum atomic E-state index is 13.2. The molecule has 2 amide bonds. The van der Waals surface area contributed by atoms with E-state index in [1.54, 1.807) is 24.0 Å². The summed E-state index contributed by atoms with van der Waals surface area (Å²) in [7, 11) is 3.23. The summed E-state index contributed by atoms with van der Waals surface area (Å²) < 4.78 is 10.5. The van der Waals surface area contributed by atoms with E-state index in [0.29, 0.717) is 18.8 Å². The van der Waals surface area contributed by atoms with E-state index in [9.17, 15) is 9.59 Å². The van der Waals surface area contributed by atoms with Gasteiger partial charge in [0.2, 0.25) is 11.8 Å². The third-order valence-corrected chi connectivity index (χ3v) is 5.67. The van der Waals surface area contributed by atoms with Crippen LogP contribution in [0.2, 0.25) is 0 Å². The molecule has 1 aliphatic heterocycles. The minimum atomic E-state index is -0.481. The predicted molar refractivity (Wildman–Crippen MR) is 106 cm³/mol. The smallest absolute Gasteiger partial charge is 0.246 e. The van der Waals surface area contributed by atoms with E-state index in [2.05, 4.69) is 0 Å². The Balaban J connectivity index is 1.47. The predicted octanol–water partition coefficient (Wildman–Crippen LogP) is 2.61. The van der Waals surface area contributed by atoms with Crippen LogP contribution in [-0.4, -0.2) is 50.6 Å². The van der Waals surface area contributed by atoms with E-state index in [1.165, 1.54) is 0 Å². The van der Waals surface area contributed by atoms with Gasteiger partial charge in [0.1, 0.15) is 18.0 Å². The third-order valence-electron chi connectivity index (χ3n) is 5.67. The van der Waals surface area contributed by atoms with E-state index in [1.807, 2.05) is 48.5 Å². The van der Waals surface area contributed by atoms with Gasteiger partial charge in [0, 0.05) is 24.8 Å². The molecule has 0 unspecified atom stereocenters. The number of amides is 2. The molecule has 6 nitrogen and oxygen atoms in total. The highest BCUT2D eigenvalue weighted by molar-refractivity contribution is 6.00. The van der Waals surface area contributed by atoms with Gasteiger partial charge in [0.25, 0.3) is 0 Å². The van der Waals surface area contributed by atoms with Crippen molar-refractivity contribution in [2.24, 2.45) is 0 Å². The largest absolute Gasteiger partial charge is 0.497 e. The van der Waals surface area contributed by atoms with E-state index in [-0.39, 0.29) is 18.4 Å². The van der Waals surface area contributed by atoms with Crippen molar-refractivity contribution in [1.82, 2.24) is 4.90 Å². The molecule has 1 saturated carbocycles. The Morgan fingerprint density at radius 1 is 0.964 bits per heavy atom. The van der Waals surface area contributed by atoms with Crippen LogP contribution < -0.4 is 14.4 Å². The third kappa shape index (κ3) is 3.19. The summed E-state index contributed by atoms with van der Waals surface area (Å²) in [5.74, 6) is 1.46. The Kier molecular flexibility index (Phi) is 4.71. The first-order valence-corrected chi connectivity index (χ1v) is 9.46. The van der Waals surface area contributed by atoms with E-state index in [0.717, 1.165) is 29.8 Å². The monoisotopic (exact) mass is 380 g/mol. The average Bonchev–Trinajstić information content (AvgIpc) is 3.55. The molecule has 0 atom stereocenters. The molecule has 0 aromatic heterocycles. The van der Waals surface area contributed by atoms with Gasteiger partial charge in [-0.15, -0.1) is 0 Å². The fourth-order valence-electron chi connectivity index (χ4n) is 3.86. The van der Waals surface area contributed by atoms with Crippen LogP contribution >= 0.6 is 0 Å². The molecule has 0 radical (unpaired) electrons. The zero-order valence-electron chi connectivity index (χ0n) is 16.2. The molecule has 4 rings (SSSR count). The maximum Gasteiger partial charge on any atom is 0.246 e. The molecular formula is C22H24N2O4. The van der Waals surface area contributed by atoms with Gasteiger partial charge in [-0.1, -0.05) is 18.2 Å². The van der Waals surface area contributed by atoms with Crippen LogP contribution in [0.1, 0.15) is 18.4 Å². The summed E-state index contributed by atoms with van der Waals surface area (Å²) in [6.07, 6.45) is 1.64. The van der Waals surface area contributed by atoms with E-state index in [4.69, 9.17) is 9.47 Å². The Morgan fingerprint density at radius 3 is 2.29 bits per heavy atom. The molecular weight excluding hydrogens is 356 g/mol. The quantitative estimate of drug-likeness (QED) is 0.800. The van der Waals surface area contributed by atoms with Gasteiger partial charge < -0.3 is 19.3 Å². The van der Waals surface area contributed by atoms with Crippen molar-refractivity contribution >= 4 is 17.5 Å². The molecule has 0 spiro atoms. The highest BCUT2D eigenvalue weighted by Gasteiger charge is 2.53. The Morgan fingerprint density at radius 2 is 1.68 bits per heavy atom. The second-order valence-corrected chi connectivity index (χ2v) is 7.28. The fraction of sp³-hybridized carbons (Fsp3) is 0.364. The topological polar surface area (TPSA) is 59.1 Å². The summed E-state index contributed by atoms with van der Waals surface area (Å²) in [5.41, 5.74) is 1.32. The Bertz CT molecular complexity index is 890. The van der Waals surface area contributed by atoms with E-state index < -0.39 is 5.41 Å². The Labute approximate surface area is 164 Å². The molecule has 146 valence electrons. The van der Waals surface area contributed by atoms with E-state index >= 15 is 0 Å². The molecule has 6 heteroatoms. The molecule has 0 bridgehead atoms. The molecule has 0 N–H and O–H groups in total. The second-order valence-electron chi connectivity index (χ2n) is 7.28. The first kappa shape index (κ1) is 18.3. The lowest BCUT2D eigenvalue weighted by atomic mass is 9.94. The number of piperazine rings is 1. The minimum absolute atomic E-state index is 0.0521. The van der Waals surface area contributed by atoms with Crippen molar-refractivity contribution in [2.45, 2.75) is 18.3 Å². The number of rotatable bonds is 5. The summed E-state index contributed by atoms with van der Waals surface area (Å²) in [5, 5.41) is 0. The zero-order chi connectivity index (χ0) is 19.7.